The van der Waals surface area contributed by atoms with Crippen LogP contribution in [0.15, 0.2) is 18.2 Å². The van der Waals surface area contributed by atoms with Gasteiger partial charge in [0, 0.05) is 12.0 Å². The molecule has 6 heteroatoms. The highest BCUT2D eigenvalue weighted by atomic mass is 19.1. The van der Waals surface area contributed by atoms with E-state index in [1.807, 2.05) is 6.92 Å². The molecule has 5 aliphatic rings. The van der Waals surface area contributed by atoms with Crippen LogP contribution in [-0.2, 0) is 11.3 Å². The normalized spacial score (nSPS) is 46.9. The highest BCUT2D eigenvalue weighted by Crippen LogP contribution is 2.74. The third-order valence-electron chi connectivity index (χ3n) is 11.2. The van der Waals surface area contributed by atoms with Crippen LogP contribution >= 0.6 is 0 Å². The molecule has 5 fully saturated rings. The minimum atomic E-state index is -0.471. The molecule has 0 radical (unpaired) electrons. The molecule has 2 aromatic rings. The predicted molar refractivity (Wildman–Crippen MR) is 126 cm³/mol. The van der Waals surface area contributed by atoms with Crippen LogP contribution in [0.4, 0.5) is 4.39 Å². The number of aliphatic hydroxyl groups is 1. The van der Waals surface area contributed by atoms with Gasteiger partial charge in [0.15, 0.2) is 5.78 Å². The smallest absolute Gasteiger partial charge is 0.158 e. The highest BCUT2D eigenvalue weighted by molar-refractivity contribution is 5.85. The number of carbonyl (C=O) groups excluding carboxylic acids is 1. The lowest BCUT2D eigenvalue weighted by Gasteiger charge is -2.57. The lowest BCUT2D eigenvalue weighted by molar-refractivity contribution is -0.136. The van der Waals surface area contributed by atoms with Gasteiger partial charge in [-0.3, -0.25) is 4.79 Å². The molecule has 10 atom stereocenters. The van der Waals surface area contributed by atoms with Crippen molar-refractivity contribution < 1.29 is 14.3 Å². The van der Waals surface area contributed by atoms with Gasteiger partial charge < -0.3 is 5.11 Å². The fourth-order valence-electron chi connectivity index (χ4n) is 9.96. The first kappa shape index (κ1) is 21.5. The van der Waals surface area contributed by atoms with Crippen LogP contribution < -0.4 is 0 Å². The first-order valence-corrected chi connectivity index (χ1v) is 13.5. The molecule has 182 valence electrons. The van der Waals surface area contributed by atoms with Crippen molar-refractivity contribution in [1.29, 1.82) is 0 Å². The average molecular weight is 466 g/mol. The van der Waals surface area contributed by atoms with Crippen LogP contribution in [0.25, 0.3) is 11.0 Å². The second kappa shape index (κ2) is 7.11. The highest BCUT2D eigenvalue weighted by Gasteiger charge is 2.70. The number of nitrogens with zero attached hydrogens (tertiary/aromatic N) is 3. The van der Waals surface area contributed by atoms with E-state index in [0.717, 1.165) is 48.5 Å². The fraction of sp³-hybridized carbons (Fsp3) is 0.750. The monoisotopic (exact) mass is 465 g/mol. The summed E-state index contributed by atoms with van der Waals surface area (Å²) in [6.07, 6.45) is 9.26. The molecule has 5 aliphatic carbocycles. The van der Waals surface area contributed by atoms with Gasteiger partial charge in [0.1, 0.15) is 17.9 Å². The first-order chi connectivity index (χ1) is 16.2. The van der Waals surface area contributed by atoms with E-state index >= 15 is 0 Å². The third-order valence-corrected chi connectivity index (χ3v) is 11.2. The molecule has 1 N–H and O–H groups in total. The largest absolute Gasteiger partial charge is 0.390 e. The molecule has 7 rings (SSSR count). The number of fused-ring (bicyclic) bond motifs is 8. The van der Waals surface area contributed by atoms with E-state index in [0.29, 0.717) is 29.1 Å². The van der Waals surface area contributed by atoms with Gasteiger partial charge in [0.2, 0.25) is 0 Å². The van der Waals surface area contributed by atoms with E-state index in [1.165, 1.54) is 44.2 Å². The van der Waals surface area contributed by atoms with Crippen molar-refractivity contribution in [2.24, 2.45) is 52.8 Å². The van der Waals surface area contributed by atoms with E-state index in [4.69, 9.17) is 0 Å². The summed E-state index contributed by atoms with van der Waals surface area (Å²) in [5, 5.41) is 18.9. The summed E-state index contributed by atoms with van der Waals surface area (Å²) in [5.74, 6) is 5.03. The number of aromatic nitrogens is 3. The second-order valence-electron chi connectivity index (χ2n) is 13.0. The van der Waals surface area contributed by atoms with Crippen molar-refractivity contribution in [2.45, 2.75) is 77.4 Å². The molecule has 0 saturated heterocycles. The molecule has 0 aliphatic heterocycles. The summed E-state index contributed by atoms with van der Waals surface area (Å²) in [6.45, 7) is 4.70. The van der Waals surface area contributed by atoms with Gasteiger partial charge >= 0.3 is 0 Å². The Bertz CT molecular complexity index is 1160. The SMILES string of the molecule is CC1(O)CCC2C(CCC3C2CCC2(C)C(C(=O)Cn4nnc5cc(F)ccc54)C4CC4C32)C1. The molecular weight excluding hydrogens is 429 g/mol. The molecule has 5 nitrogen and oxygen atoms in total. The summed E-state index contributed by atoms with van der Waals surface area (Å²) in [4.78, 5) is 13.8. The molecule has 0 amide bonds. The third kappa shape index (κ3) is 3.02. The summed E-state index contributed by atoms with van der Waals surface area (Å²) >= 11 is 0. The van der Waals surface area contributed by atoms with E-state index in [-0.39, 0.29) is 23.7 Å². The van der Waals surface area contributed by atoms with Crippen molar-refractivity contribution in [1.82, 2.24) is 15.0 Å². The number of rotatable bonds is 3. The van der Waals surface area contributed by atoms with Crippen molar-refractivity contribution in [3.05, 3.63) is 24.0 Å². The first-order valence-electron chi connectivity index (χ1n) is 13.5. The zero-order chi connectivity index (χ0) is 23.4. The van der Waals surface area contributed by atoms with Crippen LogP contribution in [0, 0.1) is 58.6 Å². The summed E-state index contributed by atoms with van der Waals surface area (Å²) in [6, 6.07) is 4.48. The molecule has 1 aromatic heterocycles. The van der Waals surface area contributed by atoms with Crippen molar-refractivity contribution in [2.75, 3.05) is 0 Å². The molecule has 1 heterocycles. The van der Waals surface area contributed by atoms with Crippen LogP contribution in [0.1, 0.15) is 65.2 Å². The number of halogens is 1. The Hall–Kier alpha value is -1.82. The number of Topliss-reactive ketones (excluding diaryl/α,β-unsaturated/α-hetero) is 1. The lowest BCUT2D eigenvalue weighted by atomic mass is 9.48. The topological polar surface area (TPSA) is 68.0 Å². The van der Waals surface area contributed by atoms with E-state index < -0.39 is 5.60 Å². The Morgan fingerprint density at radius 2 is 1.91 bits per heavy atom. The molecule has 0 spiro atoms. The maximum absolute atomic E-state index is 13.8. The fourth-order valence-corrected chi connectivity index (χ4v) is 9.96. The van der Waals surface area contributed by atoms with Gasteiger partial charge in [0.25, 0.3) is 0 Å². The van der Waals surface area contributed by atoms with Gasteiger partial charge in [-0.15, -0.1) is 5.10 Å². The van der Waals surface area contributed by atoms with Gasteiger partial charge in [-0.05, 0) is 117 Å². The van der Waals surface area contributed by atoms with E-state index in [2.05, 4.69) is 17.2 Å². The lowest BCUT2D eigenvalue weighted by Crippen LogP contribution is -2.52. The van der Waals surface area contributed by atoms with Crippen molar-refractivity contribution >= 4 is 16.8 Å². The molecule has 0 bridgehead atoms. The number of carbonyl (C=O) groups is 1. The van der Waals surface area contributed by atoms with Gasteiger partial charge in [-0.2, -0.15) is 0 Å². The van der Waals surface area contributed by atoms with Gasteiger partial charge in [-0.1, -0.05) is 12.1 Å². The maximum Gasteiger partial charge on any atom is 0.158 e. The Kier molecular flexibility index (Phi) is 4.49. The predicted octanol–water partition coefficient (Wildman–Crippen LogP) is 5.02. The van der Waals surface area contributed by atoms with Gasteiger partial charge in [-0.25, -0.2) is 9.07 Å². The molecule has 5 saturated carbocycles. The summed E-state index contributed by atoms with van der Waals surface area (Å²) in [7, 11) is 0. The quantitative estimate of drug-likeness (QED) is 0.692. The summed E-state index contributed by atoms with van der Waals surface area (Å²) < 4.78 is 15.2. The van der Waals surface area contributed by atoms with Crippen LogP contribution in [-0.4, -0.2) is 31.5 Å². The molecule has 1 aromatic carbocycles. The van der Waals surface area contributed by atoms with Crippen LogP contribution in [0.5, 0.6) is 0 Å². The Balaban J connectivity index is 1.13. The number of hydrogen-bond donors (Lipinski definition) is 1. The van der Waals surface area contributed by atoms with Crippen LogP contribution in [0.3, 0.4) is 0 Å². The Labute approximate surface area is 200 Å². The number of benzene rings is 1. The minimum Gasteiger partial charge on any atom is -0.390 e. The summed E-state index contributed by atoms with van der Waals surface area (Å²) in [5.41, 5.74) is 0.871. The number of ketones is 1. The maximum atomic E-state index is 13.8. The average Bonchev–Trinajstić information content (AvgIpc) is 3.35. The zero-order valence-corrected chi connectivity index (χ0v) is 20.3. The van der Waals surface area contributed by atoms with Crippen molar-refractivity contribution in [3.63, 3.8) is 0 Å². The van der Waals surface area contributed by atoms with Crippen molar-refractivity contribution in [3.8, 4) is 0 Å². The second-order valence-corrected chi connectivity index (χ2v) is 13.0. The Morgan fingerprint density at radius 1 is 1.09 bits per heavy atom. The number of hydrogen-bond acceptors (Lipinski definition) is 4. The van der Waals surface area contributed by atoms with Gasteiger partial charge in [0.05, 0.1) is 11.1 Å². The molecule has 34 heavy (non-hydrogen) atoms. The van der Waals surface area contributed by atoms with Crippen LogP contribution in [0.2, 0.25) is 0 Å². The minimum absolute atomic E-state index is 0.0985. The zero-order valence-electron chi connectivity index (χ0n) is 20.3. The van der Waals surface area contributed by atoms with E-state index in [1.54, 1.807) is 10.7 Å². The molecular formula is C28H36FN3O2. The Morgan fingerprint density at radius 3 is 2.76 bits per heavy atom. The standard InChI is InChI=1S/C28H36FN3O2/c1-27(34)9-7-17-15(13-27)3-5-19-18(17)8-10-28(2)25(19)20-12-21(20)26(28)24(33)14-32-23-6-4-16(29)11-22(23)30-31-32/h4,6,11,15,17-21,25-26,34H,3,5,7-10,12-14H2,1-2H3. The molecule has 10 unspecified atom stereocenters. The van der Waals surface area contributed by atoms with E-state index in [9.17, 15) is 14.3 Å².